The second-order valence-corrected chi connectivity index (χ2v) is 12.8. The molecule has 0 aliphatic heterocycles. The van der Waals surface area contributed by atoms with Crippen LogP contribution < -0.4 is 0 Å². The summed E-state index contributed by atoms with van der Waals surface area (Å²) in [6, 6.07) is 0. The normalized spacial score (nSPS) is 22.3. The van der Waals surface area contributed by atoms with Crippen LogP contribution in [-0.2, 0) is 0 Å². The maximum absolute atomic E-state index is 4.25. The Kier molecular flexibility index (Phi) is 12.9. The molecule has 0 aromatic heterocycles. The van der Waals surface area contributed by atoms with Crippen LogP contribution >= 0.6 is 0 Å². The van der Waals surface area contributed by atoms with Gasteiger partial charge in [-0.2, -0.15) is 0 Å². The van der Waals surface area contributed by atoms with Crippen LogP contribution in [0.5, 0.6) is 0 Å². The molecule has 2 aliphatic carbocycles. The minimum absolute atomic E-state index is 0.0493. The van der Waals surface area contributed by atoms with Crippen molar-refractivity contribution in [2.24, 2.45) is 10.8 Å². The largest absolute Gasteiger partial charge is 0.0952 e. The van der Waals surface area contributed by atoms with Gasteiger partial charge in [-0.3, -0.25) is 0 Å². The molecule has 0 N–H and O–H groups in total. The Morgan fingerprint density at radius 2 is 1.35 bits per heavy atom. The Balaban J connectivity index is 1.87. The summed E-state index contributed by atoms with van der Waals surface area (Å²) in [7, 11) is 0. The monoisotopic (exact) mass is 534 g/mol. The van der Waals surface area contributed by atoms with Gasteiger partial charge in [0.1, 0.15) is 0 Å². The number of hydrogen-bond donors (Lipinski definition) is 0. The first kappa shape index (κ1) is 33.1. The summed E-state index contributed by atoms with van der Waals surface area (Å²) in [5.74, 6) is 0. The Morgan fingerprint density at radius 3 is 1.93 bits per heavy atom. The van der Waals surface area contributed by atoms with Gasteiger partial charge in [-0.05, 0) is 83.3 Å². The molecule has 0 saturated carbocycles. The van der Waals surface area contributed by atoms with Crippen molar-refractivity contribution in [3.05, 3.63) is 142 Å². The third-order valence-corrected chi connectivity index (χ3v) is 8.07. The van der Waals surface area contributed by atoms with Gasteiger partial charge < -0.3 is 0 Å². The predicted molar refractivity (Wildman–Crippen MR) is 181 cm³/mol. The van der Waals surface area contributed by atoms with E-state index in [0.29, 0.717) is 5.41 Å². The number of hydrogen-bond acceptors (Lipinski definition) is 0. The Hall–Kier alpha value is -3.12. The first-order valence-electron chi connectivity index (χ1n) is 15.0. The van der Waals surface area contributed by atoms with E-state index in [9.17, 15) is 0 Å². The van der Waals surface area contributed by atoms with Crippen LogP contribution in [0.1, 0.15) is 94.4 Å². The molecule has 0 unspecified atom stereocenters. The molecule has 214 valence electrons. The van der Waals surface area contributed by atoms with E-state index in [1.165, 1.54) is 52.7 Å². The van der Waals surface area contributed by atoms with Gasteiger partial charge >= 0.3 is 0 Å². The average Bonchev–Trinajstić information content (AvgIpc) is 2.85. The second-order valence-electron chi connectivity index (χ2n) is 12.8. The summed E-state index contributed by atoms with van der Waals surface area (Å²) < 4.78 is 0. The lowest BCUT2D eigenvalue weighted by atomic mass is 9.71. The highest BCUT2D eigenvalue weighted by atomic mass is 14.3. The van der Waals surface area contributed by atoms with E-state index < -0.39 is 0 Å². The molecule has 0 nitrogen and oxygen atoms in total. The fraction of sp³-hybridized carbons (Fsp3) is 0.400. The van der Waals surface area contributed by atoms with Crippen LogP contribution in [0.15, 0.2) is 142 Å². The van der Waals surface area contributed by atoms with Crippen LogP contribution in [0.3, 0.4) is 0 Å². The highest BCUT2D eigenvalue weighted by molar-refractivity contribution is 5.44. The zero-order chi connectivity index (χ0) is 29.8. The van der Waals surface area contributed by atoms with Crippen LogP contribution in [0.25, 0.3) is 0 Å². The van der Waals surface area contributed by atoms with Crippen molar-refractivity contribution in [3.63, 3.8) is 0 Å². The molecule has 40 heavy (non-hydrogen) atoms. The maximum atomic E-state index is 4.25. The van der Waals surface area contributed by atoms with E-state index in [0.717, 1.165) is 12.8 Å². The second kappa shape index (κ2) is 15.6. The zero-order valence-corrected chi connectivity index (χ0v) is 26.9. The molecule has 0 heteroatoms. The van der Waals surface area contributed by atoms with Gasteiger partial charge in [0.2, 0.25) is 0 Å². The van der Waals surface area contributed by atoms with E-state index in [4.69, 9.17) is 0 Å². The molecule has 0 aromatic carbocycles. The lowest BCUT2D eigenvalue weighted by Gasteiger charge is -2.34. The SMILES string of the molecule is C=C1CC=CC(C)(C)/C1=C/C=C(C)/C=C/C=C(C)/C=C/C=C/C(C)=C/C=C/C(C)=C/CC1=C(C)CCCC1(C)C. The van der Waals surface area contributed by atoms with Gasteiger partial charge in [0.25, 0.3) is 0 Å². The maximum Gasteiger partial charge on any atom is 0.00780 e. The van der Waals surface area contributed by atoms with Crippen molar-refractivity contribution >= 4 is 0 Å². The van der Waals surface area contributed by atoms with Crippen LogP contribution in [-0.4, -0.2) is 0 Å². The van der Waals surface area contributed by atoms with Crippen LogP contribution in [0, 0.1) is 10.8 Å². The molecule has 0 bridgehead atoms. The van der Waals surface area contributed by atoms with Crippen molar-refractivity contribution in [3.8, 4) is 0 Å². The molecule has 0 radical (unpaired) electrons. The lowest BCUT2D eigenvalue weighted by Crippen LogP contribution is -2.20. The van der Waals surface area contributed by atoms with E-state index in [-0.39, 0.29) is 5.41 Å². The molecular weight excluding hydrogens is 480 g/mol. The van der Waals surface area contributed by atoms with Gasteiger partial charge in [-0.25, -0.2) is 0 Å². The molecule has 0 atom stereocenters. The topological polar surface area (TPSA) is 0 Å². The van der Waals surface area contributed by atoms with Crippen molar-refractivity contribution in [2.75, 3.05) is 0 Å². The van der Waals surface area contributed by atoms with Crippen molar-refractivity contribution in [1.29, 1.82) is 0 Å². The molecule has 0 heterocycles. The van der Waals surface area contributed by atoms with Gasteiger partial charge in [-0.15, -0.1) is 0 Å². The van der Waals surface area contributed by atoms with Crippen LogP contribution in [0.2, 0.25) is 0 Å². The summed E-state index contributed by atoms with van der Waals surface area (Å²) in [6.07, 6.45) is 38.7. The number of rotatable bonds is 10. The molecule has 0 aromatic rings. The van der Waals surface area contributed by atoms with Gasteiger partial charge in [-0.1, -0.05) is 159 Å². The van der Waals surface area contributed by atoms with Gasteiger partial charge in [0, 0.05) is 5.41 Å². The predicted octanol–water partition coefficient (Wildman–Crippen LogP) is 12.4. The Bertz CT molecular complexity index is 1240. The summed E-state index contributed by atoms with van der Waals surface area (Å²) in [6.45, 7) is 24.5. The molecule has 0 saturated heterocycles. The van der Waals surface area contributed by atoms with E-state index in [1.54, 1.807) is 11.1 Å². The van der Waals surface area contributed by atoms with Crippen molar-refractivity contribution < 1.29 is 0 Å². The molecule has 0 fully saturated rings. The molecular formula is C40H54. The summed E-state index contributed by atoms with van der Waals surface area (Å²) in [5, 5.41) is 0. The number of allylic oxidation sites excluding steroid dienone is 23. The van der Waals surface area contributed by atoms with Gasteiger partial charge in [0.15, 0.2) is 0 Å². The third-order valence-electron chi connectivity index (χ3n) is 8.07. The van der Waals surface area contributed by atoms with Crippen molar-refractivity contribution in [2.45, 2.75) is 94.4 Å². The van der Waals surface area contributed by atoms with Crippen LogP contribution in [0.4, 0.5) is 0 Å². The van der Waals surface area contributed by atoms with E-state index >= 15 is 0 Å². The van der Waals surface area contributed by atoms with E-state index in [1.807, 2.05) is 0 Å². The minimum atomic E-state index is 0.0493. The highest BCUT2D eigenvalue weighted by Crippen LogP contribution is 2.42. The fourth-order valence-electron chi connectivity index (χ4n) is 5.44. The molecule has 2 rings (SSSR count). The third kappa shape index (κ3) is 11.2. The zero-order valence-electron chi connectivity index (χ0n) is 26.9. The average molecular weight is 535 g/mol. The summed E-state index contributed by atoms with van der Waals surface area (Å²) in [4.78, 5) is 0. The fourth-order valence-corrected chi connectivity index (χ4v) is 5.44. The Morgan fingerprint density at radius 1 is 0.800 bits per heavy atom. The standard InChI is InChI=1S/C40H54/c1-31(19-13-21-33(3)25-27-37-35(5)23-15-29-39(37,7)8)17-11-12-18-32(2)20-14-22-34(4)26-28-38-36(6)24-16-30-40(38,9)10/h11-15,17-22,25-27,29H,5,16,23-24,28,30H2,1-4,6-10H3/b17-11+,18-12+,21-13+,22-14+,31-19+,32-20+,33-25+,34-26+,37-27+. The first-order valence-corrected chi connectivity index (χ1v) is 15.0. The highest BCUT2D eigenvalue weighted by Gasteiger charge is 2.27. The first-order chi connectivity index (χ1) is 18.8. The smallest absolute Gasteiger partial charge is 0.00780 e. The van der Waals surface area contributed by atoms with Gasteiger partial charge in [0.05, 0.1) is 0 Å². The lowest BCUT2D eigenvalue weighted by molar-refractivity contribution is 0.360. The summed E-state index contributed by atoms with van der Waals surface area (Å²) in [5.41, 5.74) is 11.2. The minimum Gasteiger partial charge on any atom is -0.0952 e. The summed E-state index contributed by atoms with van der Waals surface area (Å²) >= 11 is 0. The molecule has 2 aliphatic rings. The Labute approximate surface area is 247 Å². The molecule has 0 amide bonds. The van der Waals surface area contributed by atoms with Crippen molar-refractivity contribution in [1.82, 2.24) is 0 Å². The quantitative estimate of drug-likeness (QED) is 0.193. The van der Waals surface area contributed by atoms with E-state index in [2.05, 4.69) is 160 Å². The molecule has 0 spiro atoms.